The molecule has 7 nitrogen and oxygen atoms in total. The minimum atomic E-state index is -3.64. The number of hydrogen-bond acceptors (Lipinski definition) is 5. The van der Waals surface area contributed by atoms with Crippen LogP contribution < -0.4 is 9.64 Å². The summed E-state index contributed by atoms with van der Waals surface area (Å²) >= 11 is 6.11. The third kappa shape index (κ3) is 4.72. The second-order valence-corrected chi connectivity index (χ2v) is 10.5. The minimum Gasteiger partial charge on any atom is -0.496 e. The van der Waals surface area contributed by atoms with Gasteiger partial charge in [0.25, 0.3) is 5.91 Å². The van der Waals surface area contributed by atoms with Gasteiger partial charge in [0.05, 0.1) is 17.6 Å². The highest BCUT2D eigenvalue weighted by molar-refractivity contribution is 7.89. The van der Waals surface area contributed by atoms with Gasteiger partial charge in [-0.2, -0.15) is 4.31 Å². The third-order valence-corrected chi connectivity index (χ3v) is 8.22. The van der Waals surface area contributed by atoms with Crippen LogP contribution in [-0.4, -0.2) is 69.9 Å². The number of piperazine rings is 1. The molecule has 0 saturated carbocycles. The van der Waals surface area contributed by atoms with Crippen molar-refractivity contribution in [2.45, 2.75) is 24.2 Å². The number of anilines is 1. The lowest BCUT2D eigenvalue weighted by molar-refractivity contribution is 0.0743. The number of hydrogen-bond donors (Lipinski definition) is 0. The van der Waals surface area contributed by atoms with Crippen LogP contribution in [0.5, 0.6) is 5.75 Å². The number of piperidine rings is 1. The van der Waals surface area contributed by atoms with Crippen molar-refractivity contribution >= 4 is 33.2 Å². The first-order valence-corrected chi connectivity index (χ1v) is 12.7. The molecule has 0 N–H and O–H groups in total. The van der Waals surface area contributed by atoms with Gasteiger partial charge in [-0.25, -0.2) is 8.42 Å². The number of ether oxygens (including phenoxy) is 1. The van der Waals surface area contributed by atoms with Gasteiger partial charge < -0.3 is 14.5 Å². The number of carbonyl (C=O) groups excluding carboxylic acids is 1. The van der Waals surface area contributed by atoms with E-state index in [1.807, 2.05) is 24.3 Å². The van der Waals surface area contributed by atoms with Gasteiger partial charge in [0.2, 0.25) is 10.0 Å². The Labute approximate surface area is 194 Å². The zero-order chi connectivity index (χ0) is 22.7. The molecule has 2 heterocycles. The zero-order valence-electron chi connectivity index (χ0n) is 18.2. The SMILES string of the molecule is COc1ccc(S(=O)(=O)N2CCCCC2)cc1C(=O)N1CCN(c2cccc(Cl)c2)CC1. The van der Waals surface area contributed by atoms with Crippen molar-refractivity contribution in [1.29, 1.82) is 0 Å². The van der Waals surface area contributed by atoms with E-state index in [1.165, 1.54) is 23.5 Å². The Bertz CT molecular complexity index is 1080. The predicted octanol–water partition coefficient (Wildman–Crippen LogP) is 3.49. The molecule has 9 heteroatoms. The maximum Gasteiger partial charge on any atom is 0.257 e. The molecule has 4 rings (SSSR count). The Morgan fingerprint density at radius 3 is 2.31 bits per heavy atom. The summed E-state index contributed by atoms with van der Waals surface area (Å²) < 4.78 is 33.1. The highest BCUT2D eigenvalue weighted by Crippen LogP contribution is 2.28. The zero-order valence-corrected chi connectivity index (χ0v) is 19.7. The molecule has 0 unspecified atom stereocenters. The monoisotopic (exact) mass is 477 g/mol. The fourth-order valence-electron chi connectivity index (χ4n) is 4.28. The summed E-state index contributed by atoms with van der Waals surface area (Å²) in [7, 11) is -2.15. The summed E-state index contributed by atoms with van der Waals surface area (Å²) in [6, 6.07) is 12.2. The molecular weight excluding hydrogens is 450 g/mol. The topological polar surface area (TPSA) is 70.2 Å². The van der Waals surface area contributed by atoms with Crippen molar-refractivity contribution in [2.24, 2.45) is 0 Å². The van der Waals surface area contributed by atoms with Crippen LogP contribution in [-0.2, 0) is 10.0 Å². The standard InChI is InChI=1S/C23H28ClN3O4S/c1-31-22-9-8-20(32(29,30)27-10-3-2-4-11-27)17-21(22)23(28)26-14-12-25(13-15-26)19-7-5-6-18(24)16-19/h5-9,16-17H,2-4,10-15H2,1H3. The molecule has 0 aliphatic carbocycles. The van der Waals surface area contributed by atoms with Gasteiger partial charge in [0.15, 0.2) is 0 Å². The van der Waals surface area contributed by atoms with Crippen molar-refractivity contribution in [1.82, 2.24) is 9.21 Å². The quantitative estimate of drug-likeness (QED) is 0.659. The number of sulfonamides is 1. The van der Waals surface area contributed by atoms with Crippen molar-refractivity contribution in [3.05, 3.63) is 53.1 Å². The molecule has 2 aliphatic rings. The van der Waals surface area contributed by atoms with E-state index in [0.29, 0.717) is 50.0 Å². The van der Waals surface area contributed by atoms with Crippen molar-refractivity contribution in [2.75, 3.05) is 51.3 Å². The number of benzene rings is 2. The van der Waals surface area contributed by atoms with Gasteiger partial charge in [-0.15, -0.1) is 0 Å². The van der Waals surface area contributed by atoms with E-state index in [0.717, 1.165) is 24.9 Å². The average Bonchev–Trinajstić information content (AvgIpc) is 2.84. The molecule has 0 spiro atoms. The first-order valence-electron chi connectivity index (χ1n) is 10.9. The summed E-state index contributed by atoms with van der Waals surface area (Å²) in [6.07, 6.45) is 2.76. The molecule has 32 heavy (non-hydrogen) atoms. The van der Waals surface area contributed by atoms with Crippen LogP contribution in [0.1, 0.15) is 29.6 Å². The molecule has 2 aromatic carbocycles. The number of nitrogens with zero attached hydrogens (tertiary/aromatic N) is 3. The van der Waals surface area contributed by atoms with Crippen LogP contribution in [0.4, 0.5) is 5.69 Å². The molecule has 0 aromatic heterocycles. The Balaban J connectivity index is 1.52. The van der Waals surface area contributed by atoms with E-state index in [9.17, 15) is 13.2 Å². The first kappa shape index (κ1) is 22.9. The fourth-order valence-corrected chi connectivity index (χ4v) is 6.01. The third-order valence-electron chi connectivity index (χ3n) is 6.09. The molecule has 172 valence electrons. The van der Waals surface area contributed by atoms with Gasteiger partial charge in [-0.1, -0.05) is 24.1 Å². The van der Waals surface area contributed by atoms with E-state index >= 15 is 0 Å². The van der Waals surface area contributed by atoms with Gasteiger partial charge in [0.1, 0.15) is 5.75 Å². The fraction of sp³-hybridized carbons (Fsp3) is 0.435. The van der Waals surface area contributed by atoms with E-state index in [1.54, 1.807) is 11.0 Å². The van der Waals surface area contributed by atoms with Crippen molar-refractivity contribution < 1.29 is 17.9 Å². The maximum absolute atomic E-state index is 13.3. The molecule has 2 fully saturated rings. The van der Waals surface area contributed by atoms with E-state index < -0.39 is 10.0 Å². The van der Waals surface area contributed by atoms with E-state index in [4.69, 9.17) is 16.3 Å². The summed E-state index contributed by atoms with van der Waals surface area (Å²) in [5, 5.41) is 0.678. The highest BCUT2D eigenvalue weighted by Gasteiger charge is 2.30. The Morgan fingerprint density at radius 2 is 1.66 bits per heavy atom. The number of rotatable bonds is 5. The second kappa shape index (κ2) is 9.68. The lowest BCUT2D eigenvalue weighted by Gasteiger charge is -2.36. The van der Waals surface area contributed by atoms with Gasteiger partial charge >= 0.3 is 0 Å². The van der Waals surface area contributed by atoms with Crippen LogP contribution in [0.15, 0.2) is 47.4 Å². The normalized spacial score (nSPS) is 17.9. The van der Waals surface area contributed by atoms with Gasteiger partial charge in [-0.05, 0) is 49.2 Å². The average molecular weight is 478 g/mol. The lowest BCUT2D eigenvalue weighted by atomic mass is 10.1. The molecule has 2 saturated heterocycles. The van der Waals surface area contributed by atoms with Crippen LogP contribution in [0.3, 0.4) is 0 Å². The smallest absolute Gasteiger partial charge is 0.257 e. The van der Waals surface area contributed by atoms with Crippen LogP contribution >= 0.6 is 11.6 Å². The maximum atomic E-state index is 13.3. The number of amides is 1. The van der Waals surface area contributed by atoms with E-state index in [2.05, 4.69) is 4.90 Å². The first-order chi connectivity index (χ1) is 15.4. The van der Waals surface area contributed by atoms with Crippen LogP contribution in [0.2, 0.25) is 5.02 Å². The summed E-state index contributed by atoms with van der Waals surface area (Å²) in [6.45, 7) is 3.42. The Kier molecular flexibility index (Phi) is 6.93. The summed E-state index contributed by atoms with van der Waals surface area (Å²) in [5.74, 6) is 0.160. The van der Waals surface area contributed by atoms with Gasteiger partial charge in [-0.3, -0.25) is 4.79 Å². The number of carbonyl (C=O) groups is 1. The molecule has 2 aliphatic heterocycles. The van der Waals surface area contributed by atoms with Crippen molar-refractivity contribution in [3.8, 4) is 5.75 Å². The molecular formula is C23H28ClN3O4S. The number of methoxy groups -OCH3 is 1. The molecule has 0 atom stereocenters. The second-order valence-electron chi connectivity index (χ2n) is 8.09. The molecule has 2 aromatic rings. The minimum absolute atomic E-state index is 0.140. The van der Waals surface area contributed by atoms with Crippen LogP contribution in [0, 0.1) is 0 Å². The molecule has 1 amide bonds. The Morgan fingerprint density at radius 1 is 0.938 bits per heavy atom. The Hall–Kier alpha value is -2.29. The van der Waals surface area contributed by atoms with Crippen molar-refractivity contribution in [3.63, 3.8) is 0 Å². The van der Waals surface area contributed by atoms with E-state index in [-0.39, 0.29) is 16.4 Å². The highest BCUT2D eigenvalue weighted by atomic mass is 35.5. The van der Waals surface area contributed by atoms with Crippen LogP contribution in [0.25, 0.3) is 0 Å². The predicted molar refractivity (Wildman–Crippen MR) is 125 cm³/mol. The molecule has 0 bridgehead atoms. The number of halogens is 1. The summed E-state index contributed by atoms with van der Waals surface area (Å²) in [5.41, 5.74) is 1.30. The lowest BCUT2D eigenvalue weighted by Crippen LogP contribution is -2.48. The summed E-state index contributed by atoms with van der Waals surface area (Å²) in [4.78, 5) is 17.4. The largest absolute Gasteiger partial charge is 0.496 e. The molecule has 0 radical (unpaired) electrons. The van der Waals surface area contributed by atoms with Gasteiger partial charge in [0, 0.05) is 50.0 Å².